The van der Waals surface area contributed by atoms with Gasteiger partial charge in [-0.2, -0.15) is 0 Å². The minimum absolute atomic E-state index is 0.0940. The van der Waals surface area contributed by atoms with Gasteiger partial charge in [-0.1, -0.05) is 70.8 Å². The Morgan fingerprint density at radius 2 is 1.36 bits per heavy atom. The highest BCUT2D eigenvalue weighted by Crippen LogP contribution is 2.08. The van der Waals surface area contributed by atoms with Crippen LogP contribution < -0.4 is 0 Å². The second-order valence-corrected chi connectivity index (χ2v) is 4.93. The summed E-state index contributed by atoms with van der Waals surface area (Å²) in [7, 11) is 0. The minimum Gasteiger partial charge on any atom is -0.462 e. The van der Waals surface area contributed by atoms with Crippen LogP contribution in [0.2, 0.25) is 0 Å². The maximum Gasteiger partial charge on any atom is 0.306 e. The Hall–Kier alpha value is -1.58. The van der Waals surface area contributed by atoms with E-state index in [4.69, 9.17) is 4.74 Å². The lowest BCUT2D eigenvalue weighted by Crippen LogP contribution is -2.03. The molecule has 0 aromatic heterocycles. The average molecular weight is 312 g/mol. The molecule has 4 nitrogen and oxygen atoms in total. The third-order valence-corrected chi connectivity index (χ3v) is 2.75. The Bertz CT molecular complexity index is 297. The number of hydrogen-bond acceptors (Lipinski definition) is 4. The molecule has 0 saturated heterocycles. The highest BCUT2D eigenvalue weighted by Gasteiger charge is 2.00. The second-order valence-electron chi connectivity index (χ2n) is 4.93. The van der Waals surface area contributed by atoms with Crippen LogP contribution in [0.1, 0.15) is 65.2 Å². The smallest absolute Gasteiger partial charge is 0.306 e. The number of unbranched alkanes of at least 4 members (excludes halogenated alkanes) is 6. The lowest BCUT2D eigenvalue weighted by molar-refractivity contribution is -0.142. The van der Waals surface area contributed by atoms with E-state index in [9.17, 15) is 9.59 Å². The van der Waals surface area contributed by atoms with Crippen molar-refractivity contribution in [2.75, 3.05) is 13.2 Å². The average Bonchev–Trinajstić information content (AvgIpc) is 2.50. The number of esters is 2. The molecule has 0 unspecified atom stereocenters. The summed E-state index contributed by atoms with van der Waals surface area (Å²) in [6.07, 6.45) is 12.3. The van der Waals surface area contributed by atoms with Gasteiger partial charge >= 0.3 is 11.9 Å². The highest BCUT2D eigenvalue weighted by atomic mass is 16.5. The summed E-state index contributed by atoms with van der Waals surface area (Å²) in [5.41, 5.74) is 0. The van der Waals surface area contributed by atoms with Crippen LogP contribution in [0.15, 0.2) is 25.3 Å². The molecule has 0 aromatic carbocycles. The molecule has 0 saturated carbocycles. The van der Waals surface area contributed by atoms with Crippen molar-refractivity contribution in [2.45, 2.75) is 65.2 Å². The Morgan fingerprint density at radius 1 is 0.864 bits per heavy atom. The number of carbonyl (C=O) groups is 2. The molecule has 0 atom stereocenters. The number of hydrogen-bond donors (Lipinski definition) is 0. The van der Waals surface area contributed by atoms with Gasteiger partial charge in [0.1, 0.15) is 13.2 Å². The molecule has 22 heavy (non-hydrogen) atoms. The first kappa shape index (κ1) is 22.7. The van der Waals surface area contributed by atoms with Crippen molar-refractivity contribution in [2.24, 2.45) is 0 Å². The largest absolute Gasteiger partial charge is 0.462 e. The van der Waals surface area contributed by atoms with Gasteiger partial charge in [-0.25, -0.2) is 0 Å². The number of rotatable bonds is 12. The normalized spacial score (nSPS) is 9.18. The van der Waals surface area contributed by atoms with Crippen LogP contribution in [0.4, 0.5) is 0 Å². The van der Waals surface area contributed by atoms with E-state index in [1.165, 1.54) is 45.1 Å². The molecule has 0 N–H and O–H groups in total. The fourth-order valence-corrected chi connectivity index (χ4v) is 1.63. The SMILES string of the molecule is C=CCOC(=O)CCCCCCCCC.C=CCOC(C)=O. The highest BCUT2D eigenvalue weighted by molar-refractivity contribution is 5.69. The summed E-state index contributed by atoms with van der Waals surface area (Å²) in [5.74, 6) is -0.358. The molecule has 0 aromatic rings. The molecule has 0 radical (unpaired) electrons. The van der Waals surface area contributed by atoms with Crippen molar-refractivity contribution in [3.8, 4) is 0 Å². The van der Waals surface area contributed by atoms with Gasteiger partial charge in [0.15, 0.2) is 0 Å². The first-order valence-electron chi connectivity index (χ1n) is 8.09. The third kappa shape index (κ3) is 23.5. The van der Waals surface area contributed by atoms with E-state index in [2.05, 4.69) is 24.8 Å². The third-order valence-electron chi connectivity index (χ3n) is 2.75. The Kier molecular flexibility index (Phi) is 20.0. The molecule has 0 fully saturated rings. The summed E-state index contributed by atoms with van der Waals surface area (Å²) in [5, 5.41) is 0. The fraction of sp³-hybridized carbons (Fsp3) is 0.667. The van der Waals surface area contributed by atoms with Crippen molar-refractivity contribution in [3.63, 3.8) is 0 Å². The van der Waals surface area contributed by atoms with Crippen LogP contribution in [0, 0.1) is 0 Å². The Labute approximate surface area is 135 Å². The molecule has 0 spiro atoms. The van der Waals surface area contributed by atoms with Gasteiger partial charge in [0.25, 0.3) is 0 Å². The molecule has 4 heteroatoms. The molecule has 0 amide bonds. The van der Waals surface area contributed by atoms with Gasteiger partial charge in [0, 0.05) is 13.3 Å². The van der Waals surface area contributed by atoms with E-state index >= 15 is 0 Å². The van der Waals surface area contributed by atoms with Gasteiger partial charge in [0.2, 0.25) is 0 Å². The molecule has 0 bridgehead atoms. The van der Waals surface area contributed by atoms with Gasteiger partial charge < -0.3 is 9.47 Å². The van der Waals surface area contributed by atoms with E-state index in [1.54, 1.807) is 6.08 Å². The molecule has 0 aliphatic carbocycles. The monoisotopic (exact) mass is 312 g/mol. The molecule has 0 rings (SSSR count). The molecule has 0 aliphatic rings. The van der Waals surface area contributed by atoms with Crippen molar-refractivity contribution < 1.29 is 19.1 Å². The molecular weight excluding hydrogens is 280 g/mol. The molecule has 0 heterocycles. The van der Waals surface area contributed by atoms with E-state index < -0.39 is 0 Å². The summed E-state index contributed by atoms with van der Waals surface area (Å²) in [6.45, 7) is 11.1. The van der Waals surface area contributed by atoms with Gasteiger partial charge in [0.05, 0.1) is 0 Å². The van der Waals surface area contributed by atoms with Crippen LogP contribution >= 0.6 is 0 Å². The first-order chi connectivity index (χ1) is 10.6. The zero-order chi connectivity index (χ0) is 17.1. The summed E-state index contributed by atoms with van der Waals surface area (Å²) in [6, 6.07) is 0. The van der Waals surface area contributed by atoms with Crippen LogP contribution in [0.25, 0.3) is 0 Å². The quantitative estimate of drug-likeness (QED) is 0.300. The summed E-state index contributed by atoms with van der Waals surface area (Å²) >= 11 is 0. The second kappa shape index (κ2) is 19.4. The molecular formula is C18H32O4. The zero-order valence-corrected chi connectivity index (χ0v) is 14.3. The van der Waals surface area contributed by atoms with E-state index in [1.807, 2.05) is 0 Å². The van der Waals surface area contributed by atoms with Crippen LogP contribution in [-0.4, -0.2) is 25.2 Å². The standard InChI is InChI=1S/C13H24O2.C5H8O2/c1-3-5-6-7-8-9-10-11-13(14)15-12-4-2;1-3-4-7-5(2)6/h4H,2-3,5-12H2,1H3;3H,1,4H2,2H3. The van der Waals surface area contributed by atoms with Crippen molar-refractivity contribution >= 4 is 11.9 Å². The van der Waals surface area contributed by atoms with E-state index in [-0.39, 0.29) is 11.9 Å². The van der Waals surface area contributed by atoms with E-state index in [0.29, 0.717) is 19.6 Å². The van der Waals surface area contributed by atoms with Gasteiger partial charge in [-0.05, 0) is 6.42 Å². The fourth-order valence-electron chi connectivity index (χ4n) is 1.63. The zero-order valence-electron chi connectivity index (χ0n) is 14.3. The number of carbonyl (C=O) groups excluding carboxylic acids is 2. The Morgan fingerprint density at radius 3 is 1.82 bits per heavy atom. The lowest BCUT2D eigenvalue weighted by atomic mass is 10.1. The summed E-state index contributed by atoms with van der Waals surface area (Å²) < 4.78 is 9.31. The predicted molar refractivity (Wildman–Crippen MR) is 90.6 cm³/mol. The summed E-state index contributed by atoms with van der Waals surface area (Å²) in [4.78, 5) is 21.0. The topological polar surface area (TPSA) is 52.6 Å². The van der Waals surface area contributed by atoms with Crippen LogP contribution in [0.3, 0.4) is 0 Å². The maximum absolute atomic E-state index is 11.1. The first-order valence-corrected chi connectivity index (χ1v) is 8.09. The van der Waals surface area contributed by atoms with Gasteiger partial charge in [-0.15, -0.1) is 0 Å². The van der Waals surface area contributed by atoms with Crippen molar-refractivity contribution in [1.82, 2.24) is 0 Å². The van der Waals surface area contributed by atoms with Crippen molar-refractivity contribution in [1.29, 1.82) is 0 Å². The van der Waals surface area contributed by atoms with Crippen LogP contribution in [0.5, 0.6) is 0 Å². The molecule has 0 aliphatic heterocycles. The van der Waals surface area contributed by atoms with Crippen molar-refractivity contribution in [3.05, 3.63) is 25.3 Å². The maximum atomic E-state index is 11.1. The minimum atomic E-state index is -0.264. The van der Waals surface area contributed by atoms with Crippen LogP contribution in [-0.2, 0) is 19.1 Å². The Balaban J connectivity index is 0. The van der Waals surface area contributed by atoms with E-state index in [0.717, 1.165) is 12.8 Å². The predicted octanol–water partition coefficient (Wildman–Crippen LogP) is 4.59. The van der Waals surface area contributed by atoms with Gasteiger partial charge in [-0.3, -0.25) is 9.59 Å². The lowest BCUT2D eigenvalue weighted by Gasteiger charge is -2.02. The molecule has 128 valence electrons. The number of ether oxygens (including phenoxy) is 2.